The van der Waals surface area contributed by atoms with Crippen molar-refractivity contribution < 1.29 is 14.3 Å². The van der Waals surface area contributed by atoms with Crippen molar-refractivity contribution in [2.45, 2.75) is 26.7 Å². The van der Waals surface area contributed by atoms with Crippen LogP contribution in [0.3, 0.4) is 0 Å². The molecule has 0 atom stereocenters. The van der Waals surface area contributed by atoms with Crippen LogP contribution in [0.15, 0.2) is 42.7 Å². The largest absolute Gasteiger partial charge is 0.450 e. The smallest absolute Gasteiger partial charge is 0.411 e. The van der Waals surface area contributed by atoms with Gasteiger partial charge in [0, 0.05) is 36.1 Å². The molecular formula is C24H21ClN6O3S. The lowest BCUT2D eigenvalue weighted by Gasteiger charge is -2.15. The molecule has 11 heteroatoms. The van der Waals surface area contributed by atoms with Gasteiger partial charge in [-0.3, -0.25) is 15.1 Å². The van der Waals surface area contributed by atoms with Crippen molar-refractivity contribution in [2.75, 3.05) is 17.2 Å². The molecule has 0 radical (unpaired) electrons. The molecule has 1 aliphatic rings. The maximum Gasteiger partial charge on any atom is 0.411 e. The highest BCUT2D eigenvalue weighted by Gasteiger charge is 2.30. The van der Waals surface area contributed by atoms with Gasteiger partial charge in [-0.25, -0.2) is 14.5 Å². The predicted octanol–water partition coefficient (Wildman–Crippen LogP) is 5.34. The average Bonchev–Trinajstić information content (AvgIpc) is 3.40. The van der Waals surface area contributed by atoms with Crippen LogP contribution in [0.4, 0.5) is 15.6 Å². The molecule has 0 bridgehead atoms. The maximum absolute atomic E-state index is 11.8. The van der Waals surface area contributed by atoms with Crippen molar-refractivity contribution in [3.05, 3.63) is 59.0 Å². The summed E-state index contributed by atoms with van der Waals surface area (Å²) in [6.45, 7) is 3.47. The van der Waals surface area contributed by atoms with E-state index in [2.05, 4.69) is 20.6 Å². The predicted molar refractivity (Wildman–Crippen MR) is 135 cm³/mol. The quantitative estimate of drug-likeness (QED) is 0.376. The minimum absolute atomic E-state index is 0.173. The standard InChI is InChI=1S/C24H21ClN6O3S/c1-3-34-24(33)28-15-6-9-19(17(25)11-15)31-21-16(20(30-31)14-5-4-10-26-12-14)7-8-18-22(21)35-23(29-18)27-13(2)32/h4-6,9-12H,3,7-8H2,1-2H3,(H,28,33)(H,27,29,32). The van der Waals surface area contributed by atoms with Gasteiger partial charge < -0.3 is 10.1 Å². The Hall–Kier alpha value is -3.76. The monoisotopic (exact) mass is 508 g/mol. The zero-order valence-electron chi connectivity index (χ0n) is 19.0. The second-order valence-corrected chi connectivity index (χ2v) is 9.22. The molecule has 3 heterocycles. The van der Waals surface area contributed by atoms with E-state index in [1.54, 1.807) is 37.5 Å². The van der Waals surface area contributed by atoms with E-state index in [0.29, 0.717) is 21.5 Å². The summed E-state index contributed by atoms with van der Waals surface area (Å²) in [6.07, 6.45) is 4.42. The average molecular weight is 509 g/mol. The second-order valence-electron chi connectivity index (χ2n) is 7.82. The number of thiazole rings is 1. The van der Waals surface area contributed by atoms with Gasteiger partial charge in [0.25, 0.3) is 0 Å². The van der Waals surface area contributed by atoms with Gasteiger partial charge >= 0.3 is 6.09 Å². The van der Waals surface area contributed by atoms with Crippen molar-refractivity contribution in [3.8, 4) is 27.5 Å². The number of hydrogen-bond acceptors (Lipinski definition) is 7. The van der Waals surface area contributed by atoms with Gasteiger partial charge in [-0.1, -0.05) is 22.9 Å². The lowest BCUT2D eigenvalue weighted by atomic mass is 9.95. The number of amides is 2. The first-order valence-corrected chi connectivity index (χ1v) is 12.2. The number of fused-ring (bicyclic) bond motifs is 3. The molecule has 2 N–H and O–H groups in total. The molecule has 0 saturated heterocycles. The first kappa shape index (κ1) is 23.0. The number of carbonyl (C=O) groups is 2. The van der Waals surface area contributed by atoms with Crippen LogP contribution in [-0.2, 0) is 22.4 Å². The number of anilines is 2. The Morgan fingerprint density at radius 3 is 2.80 bits per heavy atom. The Kier molecular flexibility index (Phi) is 6.23. The number of rotatable bonds is 5. The number of nitrogens with one attached hydrogen (secondary N) is 2. The molecule has 9 nitrogen and oxygen atoms in total. The zero-order valence-corrected chi connectivity index (χ0v) is 20.5. The third-order valence-corrected chi connectivity index (χ3v) is 6.75. The summed E-state index contributed by atoms with van der Waals surface area (Å²) in [7, 11) is 0. The van der Waals surface area contributed by atoms with Crippen LogP contribution in [0.25, 0.3) is 27.5 Å². The first-order chi connectivity index (χ1) is 16.9. The van der Waals surface area contributed by atoms with Crippen LogP contribution >= 0.6 is 22.9 Å². The van der Waals surface area contributed by atoms with Crippen LogP contribution in [0, 0.1) is 0 Å². The summed E-state index contributed by atoms with van der Waals surface area (Å²) in [5.41, 5.74) is 5.72. The summed E-state index contributed by atoms with van der Waals surface area (Å²) in [6, 6.07) is 9.05. The molecule has 0 aliphatic heterocycles. The highest BCUT2D eigenvalue weighted by molar-refractivity contribution is 7.19. The molecule has 0 spiro atoms. The van der Waals surface area contributed by atoms with Gasteiger partial charge in [-0.15, -0.1) is 0 Å². The van der Waals surface area contributed by atoms with Crippen molar-refractivity contribution in [3.63, 3.8) is 0 Å². The third-order valence-electron chi connectivity index (χ3n) is 5.42. The summed E-state index contributed by atoms with van der Waals surface area (Å²) in [5.74, 6) is -0.173. The number of aromatic nitrogens is 4. The number of halogens is 1. The highest BCUT2D eigenvalue weighted by atomic mass is 35.5. The van der Waals surface area contributed by atoms with E-state index in [-0.39, 0.29) is 12.5 Å². The van der Waals surface area contributed by atoms with E-state index in [4.69, 9.17) is 21.4 Å². The van der Waals surface area contributed by atoms with Crippen molar-refractivity contribution in [1.29, 1.82) is 0 Å². The molecule has 178 valence electrons. The normalized spacial score (nSPS) is 12.0. The Labute approximate surface area is 210 Å². The molecule has 5 rings (SSSR count). The van der Waals surface area contributed by atoms with Gasteiger partial charge in [-0.2, -0.15) is 5.10 Å². The molecule has 3 aromatic heterocycles. The molecule has 2 amide bonds. The summed E-state index contributed by atoms with van der Waals surface area (Å²) < 4.78 is 6.75. The zero-order chi connectivity index (χ0) is 24.5. The Morgan fingerprint density at radius 1 is 1.23 bits per heavy atom. The fraction of sp³-hybridized carbons (Fsp3) is 0.208. The van der Waals surface area contributed by atoms with Crippen LogP contribution in [-0.4, -0.2) is 38.4 Å². The molecular weight excluding hydrogens is 488 g/mol. The summed E-state index contributed by atoms with van der Waals surface area (Å²) >= 11 is 8.10. The van der Waals surface area contributed by atoms with Crippen molar-refractivity contribution in [2.24, 2.45) is 0 Å². The number of aryl methyl sites for hydroxylation is 1. The lowest BCUT2D eigenvalue weighted by Crippen LogP contribution is -2.13. The van der Waals surface area contributed by atoms with Gasteiger partial charge in [0.2, 0.25) is 5.91 Å². The Balaban J connectivity index is 1.64. The summed E-state index contributed by atoms with van der Waals surface area (Å²) in [5, 5.41) is 11.4. The fourth-order valence-corrected chi connectivity index (χ4v) is 5.40. The van der Waals surface area contributed by atoms with Crippen LogP contribution in [0.1, 0.15) is 25.1 Å². The molecule has 0 fully saturated rings. The second kappa shape index (κ2) is 9.47. The van der Waals surface area contributed by atoms with Gasteiger partial charge in [0.05, 0.1) is 39.3 Å². The van der Waals surface area contributed by atoms with E-state index in [9.17, 15) is 9.59 Å². The van der Waals surface area contributed by atoms with E-state index < -0.39 is 6.09 Å². The van der Waals surface area contributed by atoms with Crippen molar-refractivity contribution in [1.82, 2.24) is 19.7 Å². The van der Waals surface area contributed by atoms with Crippen LogP contribution in [0.5, 0.6) is 0 Å². The maximum atomic E-state index is 11.8. The minimum atomic E-state index is -0.550. The van der Waals surface area contributed by atoms with Gasteiger partial charge in [0.1, 0.15) is 0 Å². The molecule has 0 saturated carbocycles. The number of ether oxygens (including phenoxy) is 1. The third kappa shape index (κ3) is 4.50. The number of nitrogens with zero attached hydrogens (tertiary/aromatic N) is 4. The Bertz CT molecular complexity index is 1430. The number of benzene rings is 1. The van der Waals surface area contributed by atoms with Crippen molar-refractivity contribution >= 4 is 45.8 Å². The van der Waals surface area contributed by atoms with Crippen LogP contribution < -0.4 is 10.6 Å². The van der Waals surface area contributed by atoms with E-state index in [1.165, 1.54) is 18.3 Å². The molecule has 4 aromatic rings. The van der Waals surface area contributed by atoms with Gasteiger partial charge in [-0.05, 0) is 50.1 Å². The Morgan fingerprint density at radius 2 is 2.09 bits per heavy atom. The summed E-state index contributed by atoms with van der Waals surface area (Å²) in [4.78, 5) is 33.3. The first-order valence-electron chi connectivity index (χ1n) is 11.0. The van der Waals surface area contributed by atoms with Gasteiger partial charge in [0.15, 0.2) is 5.13 Å². The molecule has 0 unspecified atom stereocenters. The van der Waals surface area contributed by atoms with E-state index in [1.807, 2.05) is 16.8 Å². The highest BCUT2D eigenvalue weighted by Crippen LogP contribution is 2.44. The van der Waals surface area contributed by atoms with Crippen LogP contribution in [0.2, 0.25) is 5.02 Å². The SMILES string of the molecule is CCOC(=O)Nc1ccc(-n2nc(-c3cccnc3)c3c2-c2sc(NC(C)=O)nc2CC3)c(Cl)c1. The molecule has 35 heavy (non-hydrogen) atoms. The van der Waals surface area contributed by atoms with E-state index in [0.717, 1.165) is 45.9 Å². The number of hydrogen-bond donors (Lipinski definition) is 2. The van der Waals surface area contributed by atoms with E-state index >= 15 is 0 Å². The molecule has 1 aromatic carbocycles. The minimum Gasteiger partial charge on any atom is -0.450 e. The topological polar surface area (TPSA) is 111 Å². The lowest BCUT2D eigenvalue weighted by molar-refractivity contribution is -0.114. The number of carbonyl (C=O) groups excluding carboxylic acids is 2. The fourth-order valence-electron chi connectivity index (χ4n) is 4.02. The number of pyridine rings is 1. The molecule has 1 aliphatic carbocycles.